The van der Waals surface area contributed by atoms with Gasteiger partial charge < -0.3 is 4.74 Å². The third kappa shape index (κ3) is 3.29. The molecule has 1 aliphatic carbocycles. The van der Waals surface area contributed by atoms with Gasteiger partial charge in [-0.15, -0.1) is 0 Å². The molecule has 0 spiro atoms. The highest BCUT2D eigenvalue weighted by molar-refractivity contribution is 6.29. The zero-order valence-electron chi connectivity index (χ0n) is 15.8. The van der Waals surface area contributed by atoms with Gasteiger partial charge in [-0.2, -0.15) is 23.5 Å². The molecular weight excluding hydrogens is 423 g/mol. The van der Waals surface area contributed by atoms with Crippen molar-refractivity contribution in [3.63, 3.8) is 0 Å². The van der Waals surface area contributed by atoms with Crippen molar-refractivity contribution in [2.24, 2.45) is 11.8 Å². The Morgan fingerprint density at radius 2 is 2.07 bits per heavy atom. The fourth-order valence-electron chi connectivity index (χ4n) is 3.69. The van der Waals surface area contributed by atoms with E-state index in [1.54, 1.807) is 12.1 Å². The average Bonchev–Trinajstić information content (AvgIpc) is 3.18. The van der Waals surface area contributed by atoms with Crippen molar-refractivity contribution >= 4 is 17.2 Å². The number of ether oxygens (including phenoxy) is 1. The lowest BCUT2D eigenvalue weighted by atomic mass is 10.1. The summed E-state index contributed by atoms with van der Waals surface area (Å²) in [5.74, 6) is 0.122. The first-order valence-electron chi connectivity index (χ1n) is 8.95. The maximum Gasteiger partial charge on any atom is 0.435 e. The zero-order valence-corrected chi connectivity index (χ0v) is 16.6. The molecule has 7 nitrogen and oxygen atoms in total. The molecular formula is C19H15ClF3N5O2. The van der Waals surface area contributed by atoms with Crippen molar-refractivity contribution < 1.29 is 17.9 Å². The lowest BCUT2D eigenvalue weighted by molar-refractivity contribution is -0.141. The predicted molar refractivity (Wildman–Crippen MR) is 100 cm³/mol. The number of rotatable bonds is 4. The highest BCUT2D eigenvalue weighted by atomic mass is 35.5. The summed E-state index contributed by atoms with van der Waals surface area (Å²) >= 11 is 5.86. The van der Waals surface area contributed by atoms with E-state index in [0.717, 1.165) is 10.7 Å². The van der Waals surface area contributed by atoms with Crippen molar-refractivity contribution in [2.45, 2.75) is 25.6 Å². The molecule has 0 aliphatic heterocycles. The van der Waals surface area contributed by atoms with Gasteiger partial charge in [-0.3, -0.25) is 9.20 Å². The van der Waals surface area contributed by atoms with Gasteiger partial charge in [-0.25, -0.2) is 9.67 Å². The molecule has 3 aromatic rings. The van der Waals surface area contributed by atoms with Crippen molar-refractivity contribution in [1.29, 1.82) is 5.26 Å². The lowest BCUT2D eigenvalue weighted by Crippen LogP contribution is -2.21. The van der Waals surface area contributed by atoms with Gasteiger partial charge in [0, 0.05) is 18.1 Å². The highest BCUT2D eigenvalue weighted by Gasteiger charge is 2.51. The number of nitrogens with zero attached hydrogens (tertiary/aromatic N) is 5. The van der Waals surface area contributed by atoms with Gasteiger partial charge in [0.05, 0.1) is 37.0 Å². The second-order valence-corrected chi connectivity index (χ2v) is 7.50. The third-order valence-corrected chi connectivity index (χ3v) is 5.58. The smallest absolute Gasteiger partial charge is 0.435 e. The Labute approximate surface area is 173 Å². The SMILES string of the molecule is COc1ccc2nc(Cn3nc(C(F)(F)F)cc3Cl)cc(=O)n2c1[C@@H]1[C@H](C)[C@H]1C#N. The van der Waals surface area contributed by atoms with Crippen LogP contribution in [0.3, 0.4) is 0 Å². The number of hydrogen-bond acceptors (Lipinski definition) is 5. The largest absolute Gasteiger partial charge is 0.495 e. The number of pyridine rings is 1. The van der Waals surface area contributed by atoms with Crippen molar-refractivity contribution in [1.82, 2.24) is 19.2 Å². The summed E-state index contributed by atoms with van der Waals surface area (Å²) in [5, 5.41) is 12.5. The van der Waals surface area contributed by atoms with Crippen LogP contribution in [0.25, 0.3) is 5.65 Å². The van der Waals surface area contributed by atoms with Crippen LogP contribution in [0.15, 0.2) is 29.1 Å². The van der Waals surface area contributed by atoms with Crippen LogP contribution in [0.2, 0.25) is 5.15 Å². The topological polar surface area (TPSA) is 85.2 Å². The highest BCUT2D eigenvalue weighted by Crippen LogP contribution is 2.55. The van der Waals surface area contributed by atoms with E-state index in [4.69, 9.17) is 16.3 Å². The number of alkyl halides is 3. The monoisotopic (exact) mass is 437 g/mol. The molecule has 1 aliphatic rings. The Balaban J connectivity index is 1.78. The molecule has 0 bridgehead atoms. The van der Waals surface area contributed by atoms with Gasteiger partial charge in [0.1, 0.15) is 16.5 Å². The fraction of sp³-hybridized carbons (Fsp3) is 0.368. The third-order valence-electron chi connectivity index (χ3n) is 5.27. The van der Waals surface area contributed by atoms with Crippen molar-refractivity contribution in [3.05, 3.63) is 56.9 Å². The molecule has 0 radical (unpaired) electrons. The summed E-state index contributed by atoms with van der Waals surface area (Å²) in [4.78, 5) is 17.3. The predicted octanol–water partition coefficient (Wildman–Crippen LogP) is 3.49. The van der Waals surface area contributed by atoms with Crippen LogP contribution in [0.1, 0.15) is 29.9 Å². The molecule has 0 N–H and O–H groups in total. The molecule has 1 fully saturated rings. The number of hydrogen-bond donors (Lipinski definition) is 0. The Kier molecular flexibility index (Phi) is 4.73. The first-order valence-corrected chi connectivity index (χ1v) is 9.33. The first kappa shape index (κ1) is 20.2. The van der Waals surface area contributed by atoms with E-state index in [2.05, 4.69) is 16.2 Å². The average molecular weight is 438 g/mol. The quantitative estimate of drug-likeness (QED) is 0.623. The second-order valence-electron chi connectivity index (χ2n) is 7.11. The van der Waals surface area contributed by atoms with Gasteiger partial charge in [-0.05, 0) is 18.1 Å². The summed E-state index contributed by atoms with van der Waals surface area (Å²) in [7, 11) is 1.48. The molecule has 156 valence electrons. The van der Waals surface area contributed by atoms with Crippen LogP contribution in [0.5, 0.6) is 5.75 Å². The molecule has 4 rings (SSSR count). The van der Waals surface area contributed by atoms with Crippen molar-refractivity contribution in [3.8, 4) is 11.8 Å². The molecule has 0 unspecified atom stereocenters. The van der Waals surface area contributed by atoms with Gasteiger partial charge in [0.25, 0.3) is 5.56 Å². The summed E-state index contributed by atoms with van der Waals surface area (Å²) in [6, 6.07) is 7.40. The van der Waals surface area contributed by atoms with E-state index in [1.165, 1.54) is 17.6 Å². The number of halogens is 4. The van der Waals surface area contributed by atoms with Crippen LogP contribution in [-0.4, -0.2) is 26.3 Å². The number of nitriles is 1. The van der Waals surface area contributed by atoms with Crippen molar-refractivity contribution in [2.75, 3.05) is 7.11 Å². The van der Waals surface area contributed by atoms with Gasteiger partial charge in [0.2, 0.25) is 0 Å². The van der Waals surface area contributed by atoms with E-state index in [0.29, 0.717) is 17.1 Å². The lowest BCUT2D eigenvalue weighted by Gasteiger charge is -2.13. The Morgan fingerprint density at radius 1 is 1.33 bits per heavy atom. The number of methoxy groups -OCH3 is 1. The molecule has 0 amide bonds. The first-order chi connectivity index (χ1) is 14.2. The van der Waals surface area contributed by atoms with E-state index >= 15 is 0 Å². The minimum Gasteiger partial charge on any atom is -0.495 e. The summed E-state index contributed by atoms with van der Waals surface area (Å²) in [6.45, 7) is 1.71. The van der Waals surface area contributed by atoms with Gasteiger partial charge in [0.15, 0.2) is 5.69 Å². The molecule has 11 heteroatoms. The Hall–Kier alpha value is -3.06. The Bertz CT molecular complexity index is 1240. The summed E-state index contributed by atoms with van der Waals surface area (Å²) in [6.07, 6.45) is -4.63. The normalized spacial score (nSPS) is 20.9. The van der Waals surface area contributed by atoms with Crippen LogP contribution >= 0.6 is 11.6 Å². The fourth-order valence-corrected chi connectivity index (χ4v) is 3.89. The maximum atomic E-state index is 12.9. The number of aromatic nitrogens is 4. The summed E-state index contributed by atoms with van der Waals surface area (Å²) in [5.41, 5.74) is -0.491. The van der Waals surface area contributed by atoms with Crippen LogP contribution in [0.4, 0.5) is 13.2 Å². The zero-order chi connectivity index (χ0) is 21.8. The molecule has 30 heavy (non-hydrogen) atoms. The maximum absolute atomic E-state index is 12.9. The number of fused-ring (bicyclic) bond motifs is 1. The molecule has 0 saturated heterocycles. The van der Waals surface area contributed by atoms with Crippen LogP contribution < -0.4 is 10.3 Å². The van der Waals surface area contributed by atoms with Gasteiger partial charge >= 0.3 is 6.18 Å². The molecule has 1 saturated carbocycles. The van der Waals surface area contributed by atoms with E-state index in [9.17, 15) is 23.2 Å². The van der Waals surface area contributed by atoms with E-state index in [-0.39, 0.29) is 35.1 Å². The Morgan fingerprint density at radius 3 is 2.63 bits per heavy atom. The second kappa shape index (κ2) is 7.02. The summed E-state index contributed by atoms with van der Waals surface area (Å²) < 4.78 is 46.2. The minimum atomic E-state index is -4.63. The molecule has 3 heterocycles. The van der Waals surface area contributed by atoms with Crippen LogP contribution in [-0.2, 0) is 12.7 Å². The minimum absolute atomic E-state index is 0.0600. The molecule has 3 atom stereocenters. The van der Waals surface area contributed by atoms with Gasteiger partial charge in [-0.1, -0.05) is 18.5 Å². The van der Waals surface area contributed by atoms with Crippen LogP contribution in [0, 0.1) is 23.2 Å². The van der Waals surface area contributed by atoms with E-state index in [1.807, 2.05) is 6.92 Å². The molecule has 3 aromatic heterocycles. The standard InChI is InChI=1S/C19H15ClF3N5O2/c1-9-11(7-24)17(9)18-12(30-2)3-4-15-25-10(5-16(29)28(15)18)8-27-14(20)6-13(26-27)19(21,22)23/h3-6,9,11,17H,8H2,1-2H3/t9-,11-,17-/m1/s1. The van der Waals surface area contributed by atoms with E-state index < -0.39 is 17.4 Å². The molecule has 0 aromatic carbocycles.